The molecule has 3 heteroatoms. The van der Waals surface area contributed by atoms with Crippen molar-refractivity contribution >= 4 is 24.0 Å². The lowest BCUT2D eigenvalue weighted by Crippen LogP contribution is -2.01. The molecule has 0 fully saturated rings. The van der Waals surface area contributed by atoms with Gasteiger partial charge in [-0.05, 0) is 37.1 Å². The topological polar surface area (TPSA) is 38.7 Å². The zero-order valence-electron chi connectivity index (χ0n) is 13.1. The fourth-order valence-electron chi connectivity index (χ4n) is 2.16. The molecule has 0 atom stereocenters. The van der Waals surface area contributed by atoms with E-state index in [1.807, 2.05) is 68.5 Å². The van der Waals surface area contributed by atoms with E-state index in [1.54, 1.807) is 12.2 Å². The van der Waals surface area contributed by atoms with Gasteiger partial charge in [-0.1, -0.05) is 59.7 Å². The van der Waals surface area contributed by atoms with E-state index >= 15 is 0 Å². The molecule has 0 radical (unpaired) electrons. The number of esters is 1. The number of aryl methyl sites for hydroxylation is 2. The number of aliphatic imine (C=N–C) groups is 1. The quantitative estimate of drug-likeness (QED) is 0.626. The SMILES string of the molecule is Cc1ccc(/C=C/C2=NC(=C/c3ccc(C)cc3)/C(=O)O2)cc1. The first-order valence-corrected chi connectivity index (χ1v) is 7.44. The van der Waals surface area contributed by atoms with Crippen LogP contribution in [-0.2, 0) is 9.53 Å². The third kappa shape index (κ3) is 3.83. The number of hydrogen-bond acceptors (Lipinski definition) is 3. The monoisotopic (exact) mass is 303 g/mol. The zero-order chi connectivity index (χ0) is 16.2. The molecule has 0 aromatic heterocycles. The Morgan fingerprint density at radius 1 is 0.826 bits per heavy atom. The average Bonchev–Trinajstić information content (AvgIpc) is 2.89. The van der Waals surface area contributed by atoms with Gasteiger partial charge in [0, 0.05) is 6.08 Å². The second-order valence-electron chi connectivity index (χ2n) is 5.52. The van der Waals surface area contributed by atoms with Gasteiger partial charge in [-0.25, -0.2) is 9.79 Å². The first kappa shape index (κ1) is 15.0. The van der Waals surface area contributed by atoms with Gasteiger partial charge in [0.1, 0.15) is 0 Å². The number of carbonyl (C=O) groups is 1. The Kier molecular flexibility index (Phi) is 4.20. The second kappa shape index (κ2) is 6.44. The second-order valence-corrected chi connectivity index (χ2v) is 5.52. The molecule has 0 unspecified atom stereocenters. The molecule has 1 aliphatic heterocycles. The highest BCUT2D eigenvalue weighted by Gasteiger charge is 2.20. The van der Waals surface area contributed by atoms with E-state index < -0.39 is 5.97 Å². The highest BCUT2D eigenvalue weighted by Crippen LogP contribution is 2.17. The number of ether oxygens (including phenoxy) is 1. The van der Waals surface area contributed by atoms with Gasteiger partial charge in [0.05, 0.1) is 0 Å². The van der Waals surface area contributed by atoms with Gasteiger partial charge in [-0.15, -0.1) is 0 Å². The Morgan fingerprint density at radius 2 is 1.39 bits per heavy atom. The summed E-state index contributed by atoms with van der Waals surface area (Å²) in [7, 11) is 0. The van der Waals surface area contributed by atoms with Gasteiger partial charge in [-0.3, -0.25) is 0 Å². The van der Waals surface area contributed by atoms with Gasteiger partial charge in [0.2, 0.25) is 5.90 Å². The number of hydrogen-bond donors (Lipinski definition) is 0. The molecule has 0 spiro atoms. The third-order valence-electron chi connectivity index (χ3n) is 3.51. The fourth-order valence-corrected chi connectivity index (χ4v) is 2.16. The maximum absolute atomic E-state index is 11.9. The summed E-state index contributed by atoms with van der Waals surface area (Å²) in [5, 5.41) is 0. The highest BCUT2D eigenvalue weighted by molar-refractivity contribution is 6.11. The number of benzene rings is 2. The minimum atomic E-state index is -0.422. The predicted octanol–water partition coefficient (Wildman–Crippen LogP) is 4.31. The molecule has 1 heterocycles. The standard InChI is InChI=1S/C20H17NO2/c1-14-3-7-16(8-4-14)11-12-19-21-18(20(22)23-19)13-17-9-5-15(2)6-10-17/h3-13H,1-2H3/b12-11+,18-13+. The van der Waals surface area contributed by atoms with Crippen LogP contribution in [0.1, 0.15) is 22.3 Å². The van der Waals surface area contributed by atoms with E-state index in [2.05, 4.69) is 4.99 Å². The third-order valence-corrected chi connectivity index (χ3v) is 3.51. The van der Waals surface area contributed by atoms with Crippen LogP contribution in [0.2, 0.25) is 0 Å². The van der Waals surface area contributed by atoms with Crippen LogP contribution in [0, 0.1) is 13.8 Å². The first-order chi connectivity index (χ1) is 11.1. The zero-order valence-corrected chi connectivity index (χ0v) is 13.1. The van der Waals surface area contributed by atoms with Crippen LogP contribution in [0.25, 0.3) is 12.2 Å². The maximum atomic E-state index is 11.9. The van der Waals surface area contributed by atoms with E-state index in [0.717, 1.165) is 11.1 Å². The van der Waals surface area contributed by atoms with Crippen molar-refractivity contribution in [1.82, 2.24) is 0 Å². The number of cyclic esters (lactones) is 1. The molecule has 2 aromatic carbocycles. The van der Waals surface area contributed by atoms with E-state index in [0.29, 0.717) is 11.6 Å². The van der Waals surface area contributed by atoms with Crippen LogP contribution in [-0.4, -0.2) is 11.9 Å². The van der Waals surface area contributed by atoms with Crippen molar-refractivity contribution in [3.05, 3.63) is 82.6 Å². The van der Waals surface area contributed by atoms with Crippen molar-refractivity contribution in [3.63, 3.8) is 0 Å². The summed E-state index contributed by atoms with van der Waals surface area (Å²) in [5.74, 6) is -0.108. The largest absolute Gasteiger partial charge is 0.403 e. The number of rotatable bonds is 3. The lowest BCUT2D eigenvalue weighted by atomic mass is 10.1. The van der Waals surface area contributed by atoms with Crippen molar-refractivity contribution in [1.29, 1.82) is 0 Å². The molecule has 1 aliphatic rings. The molecule has 0 bridgehead atoms. The van der Waals surface area contributed by atoms with Crippen molar-refractivity contribution in [2.45, 2.75) is 13.8 Å². The maximum Gasteiger partial charge on any atom is 0.363 e. The van der Waals surface area contributed by atoms with Crippen molar-refractivity contribution in [2.24, 2.45) is 4.99 Å². The van der Waals surface area contributed by atoms with Crippen LogP contribution in [0.4, 0.5) is 0 Å². The summed E-state index contributed by atoms with van der Waals surface area (Å²) in [6.45, 7) is 4.06. The minimum absolute atomic E-state index is 0.314. The minimum Gasteiger partial charge on any atom is -0.403 e. The normalized spacial score (nSPS) is 16.0. The van der Waals surface area contributed by atoms with E-state index in [9.17, 15) is 4.79 Å². The van der Waals surface area contributed by atoms with E-state index in [4.69, 9.17) is 4.74 Å². The van der Waals surface area contributed by atoms with E-state index in [-0.39, 0.29) is 0 Å². The number of carbonyl (C=O) groups excluding carboxylic acids is 1. The molecule has 0 aliphatic carbocycles. The van der Waals surface area contributed by atoms with Gasteiger partial charge in [0.25, 0.3) is 0 Å². The highest BCUT2D eigenvalue weighted by atomic mass is 16.6. The van der Waals surface area contributed by atoms with Gasteiger partial charge in [0.15, 0.2) is 5.70 Å². The van der Waals surface area contributed by atoms with Crippen LogP contribution in [0.15, 0.2) is 65.3 Å². The predicted molar refractivity (Wildman–Crippen MR) is 92.9 cm³/mol. The molecular formula is C20H17NO2. The summed E-state index contributed by atoms with van der Waals surface area (Å²) in [4.78, 5) is 16.1. The Bertz CT molecular complexity index is 810. The molecule has 0 saturated heterocycles. The van der Waals surface area contributed by atoms with Crippen LogP contribution in [0.3, 0.4) is 0 Å². The molecule has 3 rings (SSSR count). The molecule has 23 heavy (non-hydrogen) atoms. The molecule has 0 N–H and O–H groups in total. The molecule has 0 saturated carbocycles. The summed E-state index contributed by atoms with van der Waals surface area (Å²) in [6.07, 6.45) is 5.31. The van der Waals surface area contributed by atoms with Gasteiger partial charge in [-0.2, -0.15) is 0 Å². The first-order valence-electron chi connectivity index (χ1n) is 7.44. The molecule has 114 valence electrons. The Hall–Kier alpha value is -2.94. The summed E-state index contributed by atoms with van der Waals surface area (Å²) < 4.78 is 5.17. The number of nitrogens with zero attached hydrogens (tertiary/aromatic N) is 1. The smallest absolute Gasteiger partial charge is 0.363 e. The molecular weight excluding hydrogens is 286 g/mol. The van der Waals surface area contributed by atoms with Crippen LogP contribution >= 0.6 is 0 Å². The van der Waals surface area contributed by atoms with Crippen LogP contribution < -0.4 is 0 Å². The van der Waals surface area contributed by atoms with Crippen molar-refractivity contribution in [3.8, 4) is 0 Å². The lowest BCUT2D eigenvalue weighted by molar-refractivity contribution is -0.129. The summed E-state index contributed by atoms with van der Waals surface area (Å²) >= 11 is 0. The molecule has 3 nitrogen and oxygen atoms in total. The molecule has 0 amide bonds. The van der Waals surface area contributed by atoms with Gasteiger partial charge >= 0.3 is 5.97 Å². The Balaban J connectivity index is 1.78. The van der Waals surface area contributed by atoms with E-state index in [1.165, 1.54) is 11.1 Å². The lowest BCUT2D eigenvalue weighted by Gasteiger charge is -1.95. The van der Waals surface area contributed by atoms with Gasteiger partial charge < -0.3 is 4.74 Å². The fraction of sp³-hybridized carbons (Fsp3) is 0.100. The Morgan fingerprint density at radius 3 is 2.00 bits per heavy atom. The Labute approximate surface area is 135 Å². The summed E-state index contributed by atoms with van der Waals surface area (Å²) in [6, 6.07) is 16.0. The van der Waals surface area contributed by atoms with Crippen molar-refractivity contribution < 1.29 is 9.53 Å². The van der Waals surface area contributed by atoms with Crippen molar-refractivity contribution in [2.75, 3.05) is 0 Å². The summed E-state index contributed by atoms with van der Waals surface area (Å²) in [5.41, 5.74) is 4.65. The molecule has 2 aromatic rings. The van der Waals surface area contributed by atoms with Crippen LogP contribution in [0.5, 0.6) is 0 Å². The average molecular weight is 303 g/mol.